The molecule has 1 unspecified atom stereocenters. The first-order chi connectivity index (χ1) is 6.45. The Balaban J connectivity index is 2.42. The van der Waals surface area contributed by atoms with Gasteiger partial charge in [-0.3, -0.25) is 0 Å². The van der Waals surface area contributed by atoms with Crippen molar-refractivity contribution >= 4 is 0 Å². The Hall–Kier alpha value is -0.0400. The summed E-state index contributed by atoms with van der Waals surface area (Å²) in [6.07, 6.45) is 6.33. The van der Waals surface area contributed by atoms with Gasteiger partial charge in [0.2, 0.25) is 0 Å². The van der Waals surface area contributed by atoms with E-state index in [1.807, 2.05) is 0 Å². The predicted molar refractivity (Wildman–Crippen MR) is 61.2 cm³/mol. The maximum absolute atomic E-state index is 10.2. The molecule has 1 rings (SSSR count). The van der Waals surface area contributed by atoms with Crippen molar-refractivity contribution in [3.05, 3.63) is 0 Å². The molecule has 1 heteroatoms. The smallest absolute Gasteiger partial charge is 0.0616 e. The molecule has 0 amide bonds. The van der Waals surface area contributed by atoms with E-state index in [9.17, 15) is 5.11 Å². The molecule has 0 aromatic rings. The van der Waals surface area contributed by atoms with Crippen LogP contribution in [0.4, 0.5) is 0 Å². The van der Waals surface area contributed by atoms with Crippen LogP contribution >= 0.6 is 0 Å². The van der Waals surface area contributed by atoms with Gasteiger partial charge in [-0.25, -0.2) is 0 Å². The second kappa shape index (κ2) is 4.65. The van der Waals surface area contributed by atoms with Crippen molar-refractivity contribution in [2.45, 2.75) is 65.9 Å². The minimum Gasteiger partial charge on any atom is -0.392 e. The van der Waals surface area contributed by atoms with Crippen LogP contribution in [0.25, 0.3) is 0 Å². The fourth-order valence-electron chi connectivity index (χ4n) is 2.62. The van der Waals surface area contributed by atoms with E-state index < -0.39 is 0 Å². The van der Waals surface area contributed by atoms with Crippen LogP contribution in [-0.4, -0.2) is 11.2 Å². The van der Waals surface area contributed by atoms with Crippen LogP contribution in [0, 0.1) is 17.3 Å². The third kappa shape index (κ3) is 2.98. The number of aliphatic hydroxyl groups excluding tert-OH is 1. The molecule has 0 aromatic carbocycles. The fraction of sp³-hybridized carbons (Fsp3) is 1.00. The lowest BCUT2D eigenvalue weighted by molar-refractivity contribution is -0.00776. The largest absolute Gasteiger partial charge is 0.392 e. The lowest BCUT2D eigenvalue weighted by atomic mass is 9.72. The molecule has 14 heavy (non-hydrogen) atoms. The molecule has 0 spiro atoms. The summed E-state index contributed by atoms with van der Waals surface area (Å²) in [5.41, 5.74) is 0.0592. The molecule has 0 radical (unpaired) electrons. The Bertz CT molecular complexity index is 161. The molecule has 1 nitrogen and oxygen atoms in total. The Morgan fingerprint density at radius 2 is 1.64 bits per heavy atom. The summed E-state index contributed by atoms with van der Waals surface area (Å²) in [7, 11) is 0. The summed E-state index contributed by atoms with van der Waals surface area (Å²) in [6.45, 7) is 8.71. The molecule has 0 saturated heterocycles. The van der Waals surface area contributed by atoms with E-state index in [4.69, 9.17) is 0 Å². The van der Waals surface area contributed by atoms with Gasteiger partial charge in [0, 0.05) is 0 Å². The Labute approximate surface area is 88.9 Å². The summed E-state index contributed by atoms with van der Waals surface area (Å²) in [5, 5.41) is 10.2. The Kier molecular flexibility index (Phi) is 4.00. The normalized spacial score (nSPS) is 31.5. The highest BCUT2D eigenvalue weighted by Crippen LogP contribution is 2.37. The average Bonchev–Trinajstić information content (AvgIpc) is 2.15. The van der Waals surface area contributed by atoms with Crippen LogP contribution in [0.3, 0.4) is 0 Å². The zero-order valence-electron chi connectivity index (χ0n) is 10.2. The number of hydrogen-bond donors (Lipinski definition) is 1. The Morgan fingerprint density at radius 3 is 2.00 bits per heavy atom. The van der Waals surface area contributed by atoms with Crippen LogP contribution in [0.5, 0.6) is 0 Å². The van der Waals surface area contributed by atoms with Crippen LogP contribution in [0.15, 0.2) is 0 Å². The first-order valence-electron chi connectivity index (χ1n) is 6.13. The van der Waals surface area contributed by atoms with E-state index in [0.717, 1.165) is 5.92 Å². The minimum absolute atomic E-state index is 0.0592. The zero-order chi connectivity index (χ0) is 10.8. The molecule has 1 aliphatic carbocycles. The molecular formula is C13H26O. The van der Waals surface area contributed by atoms with Crippen LogP contribution in [0.2, 0.25) is 0 Å². The first kappa shape index (κ1) is 12.0. The van der Waals surface area contributed by atoms with Crippen molar-refractivity contribution in [1.29, 1.82) is 0 Å². The van der Waals surface area contributed by atoms with Crippen LogP contribution in [-0.2, 0) is 0 Å². The van der Waals surface area contributed by atoms with Gasteiger partial charge in [-0.2, -0.15) is 0 Å². The zero-order valence-corrected chi connectivity index (χ0v) is 10.2. The van der Waals surface area contributed by atoms with Gasteiger partial charge >= 0.3 is 0 Å². The van der Waals surface area contributed by atoms with Crippen molar-refractivity contribution in [3.8, 4) is 0 Å². The summed E-state index contributed by atoms with van der Waals surface area (Å²) in [6, 6.07) is 0. The monoisotopic (exact) mass is 198 g/mol. The highest BCUT2D eigenvalue weighted by molar-refractivity contribution is 4.83. The van der Waals surface area contributed by atoms with E-state index in [0.29, 0.717) is 5.92 Å². The van der Waals surface area contributed by atoms with Crippen molar-refractivity contribution in [1.82, 2.24) is 0 Å². The van der Waals surface area contributed by atoms with Crippen molar-refractivity contribution in [2.24, 2.45) is 17.3 Å². The quantitative estimate of drug-likeness (QED) is 0.718. The van der Waals surface area contributed by atoms with Crippen molar-refractivity contribution in [3.63, 3.8) is 0 Å². The van der Waals surface area contributed by atoms with E-state index in [-0.39, 0.29) is 11.5 Å². The van der Waals surface area contributed by atoms with Gasteiger partial charge < -0.3 is 5.11 Å². The van der Waals surface area contributed by atoms with E-state index in [2.05, 4.69) is 27.7 Å². The summed E-state index contributed by atoms with van der Waals surface area (Å²) < 4.78 is 0. The van der Waals surface area contributed by atoms with Crippen molar-refractivity contribution in [2.75, 3.05) is 0 Å². The molecule has 0 heterocycles. The van der Waals surface area contributed by atoms with Gasteiger partial charge in [-0.05, 0) is 30.1 Å². The molecule has 0 aromatic heterocycles. The van der Waals surface area contributed by atoms with E-state index in [1.165, 1.54) is 32.1 Å². The number of aliphatic hydroxyl groups is 1. The average molecular weight is 198 g/mol. The molecule has 1 atom stereocenters. The standard InChI is InChI=1S/C13H26O/c1-5-10-6-8-11(9-7-10)12(14)13(2,3)4/h10-12,14H,5-9H2,1-4H3. The molecule has 1 fully saturated rings. The Morgan fingerprint density at radius 1 is 1.14 bits per heavy atom. The summed E-state index contributed by atoms with van der Waals surface area (Å²) >= 11 is 0. The van der Waals surface area contributed by atoms with Crippen LogP contribution in [0.1, 0.15) is 59.8 Å². The van der Waals surface area contributed by atoms with Gasteiger partial charge in [-0.1, -0.05) is 47.0 Å². The summed E-state index contributed by atoms with van der Waals surface area (Å²) in [4.78, 5) is 0. The molecular weight excluding hydrogens is 172 g/mol. The van der Waals surface area contributed by atoms with Crippen molar-refractivity contribution < 1.29 is 5.11 Å². The van der Waals surface area contributed by atoms with Crippen LogP contribution < -0.4 is 0 Å². The van der Waals surface area contributed by atoms with E-state index in [1.54, 1.807) is 0 Å². The maximum Gasteiger partial charge on any atom is 0.0616 e. The van der Waals surface area contributed by atoms with Gasteiger partial charge in [0.25, 0.3) is 0 Å². The molecule has 1 N–H and O–H groups in total. The predicted octanol–water partition coefficient (Wildman–Crippen LogP) is 3.61. The maximum atomic E-state index is 10.2. The second-order valence-corrected chi connectivity index (χ2v) is 6.00. The minimum atomic E-state index is -0.111. The lowest BCUT2D eigenvalue weighted by Crippen LogP contribution is -2.35. The highest BCUT2D eigenvalue weighted by atomic mass is 16.3. The molecule has 1 aliphatic rings. The van der Waals surface area contributed by atoms with E-state index >= 15 is 0 Å². The highest BCUT2D eigenvalue weighted by Gasteiger charge is 2.32. The topological polar surface area (TPSA) is 20.2 Å². The molecule has 84 valence electrons. The molecule has 0 aliphatic heterocycles. The number of hydrogen-bond acceptors (Lipinski definition) is 1. The fourth-order valence-corrected chi connectivity index (χ4v) is 2.62. The molecule has 1 saturated carbocycles. The molecule has 0 bridgehead atoms. The SMILES string of the molecule is CCC1CCC(C(O)C(C)(C)C)CC1. The first-order valence-corrected chi connectivity index (χ1v) is 6.13. The number of rotatable bonds is 2. The van der Waals surface area contributed by atoms with Gasteiger partial charge in [0.15, 0.2) is 0 Å². The van der Waals surface area contributed by atoms with Gasteiger partial charge in [0.1, 0.15) is 0 Å². The summed E-state index contributed by atoms with van der Waals surface area (Å²) in [5.74, 6) is 1.48. The lowest BCUT2D eigenvalue weighted by Gasteiger charge is -2.37. The second-order valence-electron chi connectivity index (χ2n) is 6.00. The third-order valence-corrected chi connectivity index (χ3v) is 3.80. The van der Waals surface area contributed by atoms with Gasteiger partial charge in [-0.15, -0.1) is 0 Å². The third-order valence-electron chi connectivity index (χ3n) is 3.80. The van der Waals surface area contributed by atoms with Gasteiger partial charge in [0.05, 0.1) is 6.10 Å².